The molecule has 0 radical (unpaired) electrons. The summed E-state index contributed by atoms with van der Waals surface area (Å²) in [7, 11) is 0. The lowest BCUT2D eigenvalue weighted by Crippen LogP contribution is -3.00. The first-order valence-corrected chi connectivity index (χ1v) is 8.60. The molecule has 0 aliphatic heterocycles. The average Bonchev–Trinajstić information content (AvgIpc) is 2.69. The summed E-state index contributed by atoms with van der Waals surface area (Å²) in [5, 5.41) is 5.02. The van der Waals surface area contributed by atoms with E-state index in [2.05, 4.69) is 15.3 Å². The summed E-state index contributed by atoms with van der Waals surface area (Å²) in [5.41, 5.74) is 2.80. The van der Waals surface area contributed by atoms with Gasteiger partial charge >= 0.3 is 0 Å². The van der Waals surface area contributed by atoms with E-state index in [0.717, 1.165) is 33.7 Å². The lowest BCUT2D eigenvalue weighted by atomic mass is 10.2. The number of hydrogen-bond acceptors (Lipinski definition) is 4. The van der Waals surface area contributed by atoms with Crippen LogP contribution in [0.5, 0.6) is 5.75 Å². The Morgan fingerprint density at radius 1 is 0.852 bits per heavy atom. The fourth-order valence-corrected chi connectivity index (χ4v) is 2.84. The van der Waals surface area contributed by atoms with Crippen LogP contribution >= 0.6 is 11.6 Å². The van der Waals surface area contributed by atoms with Gasteiger partial charge in [0.05, 0.1) is 5.52 Å². The van der Waals surface area contributed by atoms with Gasteiger partial charge in [-0.15, -0.1) is 0 Å². The molecule has 1 N–H and O–H groups in total. The summed E-state index contributed by atoms with van der Waals surface area (Å²) in [4.78, 5) is 8.62. The molecule has 0 unspecified atom stereocenters. The molecule has 0 saturated carbocycles. The molecule has 0 fully saturated rings. The van der Waals surface area contributed by atoms with Crippen molar-refractivity contribution in [1.82, 2.24) is 9.97 Å². The van der Waals surface area contributed by atoms with E-state index >= 15 is 0 Å². The number of rotatable bonds is 5. The van der Waals surface area contributed by atoms with Crippen molar-refractivity contribution in [2.24, 2.45) is 0 Å². The lowest BCUT2D eigenvalue weighted by molar-refractivity contribution is -0.00000549. The second kappa shape index (κ2) is 8.71. The molecule has 1 heterocycles. The highest BCUT2D eigenvalue weighted by atomic mass is 35.5. The standard InChI is InChI=1S/C21H16ClN3O.ClH/c22-19-7-3-1-5-15(19)13-26-17-11-9-16(10-12-17)25-21-18-6-2-4-8-20(18)23-14-24-21;/h1-12,14H,13H2,(H,23,24,25);1H/p-1. The molecule has 3 aromatic carbocycles. The number of hydrogen-bond donors (Lipinski definition) is 1. The van der Waals surface area contributed by atoms with Gasteiger partial charge in [-0.2, -0.15) is 0 Å². The van der Waals surface area contributed by atoms with Crippen molar-refractivity contribution in [2.75, 3.05) is 5.32 Å². The predicted molar refractivity (Wildman–Crippen MR) is 105 cm³/mol. The van der Waals surface area contributed by atoms with Gasteiger partial charge in [-0.1, -0.05) is 41.9 Å². The largest absolute Gasteiger partial charge is 1.00 e. The number of para-hydroxylation sites is 1. The van der Waals surface area contributed by atoms with E-state index in [-0.39, 0.29) is 12.4 Å². The third-order valence-electron chi connectivity index (χ3n) is 4.01. The maximum absolute atomic E-state index is 6.15. The zero-order valence-corrected chi connectivity index (χ0v) is 15.8. The molecule has 1 aromatic heterocycles. The van der Waals surface area contributed by atoms with E-state index in [1.165, 1.54) is 0 Å². The van der Waals surface area contributed by atoms with Crippen molar-refractivity contribution in [3.63, 3.8) is 0 Å². The Labute approximate surface area is 168 Å². The number of nitrogens with one attached hydrogen (secondary N) is 1. The molecular formula is C21H16Cl2N3O-. The van der Waals surface area contributed by atoms with E-state index in [0.29, 0.717) is 11.6 Å². The van der Waals surface area contributed by atoms with E-state index in [4.69, 9.17) is 16.3 Å². The Bertz CT molecular complexity index is 1030. The maximum Gasteiger partial charge on any atom is 0.141 e. The monoisotopic (exact) mass is 396 g/mol. The molecule has 0 aliphatic carbocycles. The van der Waals surface area contributed by atoms with Gasteiger partial charge in [-0.25, -0.2) is 9.97 Å². The number of nitrogens with zero attached hydrogens (tertiary/aromatic N) is 2. The first kappa shape index (κ1) is 19.0. The first-order valence-electron chi connectivity index (χ1n) is 8.23. The molecule has 0 saturated heterocycles. The van der Waals surface area contributed by atoms with Crippen molar-refractivity contribution in [2.45, 2.75) is 6.61 Å². The third kappa shape index (κ3) is 4.48. The van der Waals surface area contributed by atoms with Gasteiger partial charge < -0.3 is 22.5 Å². The summed E-state index contributed by atoms with van der Waals surface area (Å²) < 4.78 is 5.81. The lowest BCUT2D eigenvalue weighted by Gasteiger charge is -2.10. The minimum Gasteiger partial charge on any atom is -1.00 e. The number of benzene rings is 3. The number of aromatic nitrogens is 2. The van der Waals surface area contributed by atoms with Crippen LogP contribution in [0.15, 0.2) is 79.1 Å². The predicted octanol–water partition coefficient (Wildman–Crippen LogP) is 2.61. The van der Waals surface area contributed by atoms with Crippen molar-refractivity contribution < 1.29 is 17.1 Å². The SMILES string of the molecule is Clc1ccccc1COc1ccc(Nc2ncnc3ccccc23)cc1.[Cl-]. The highest BCUT2D eigenvalue weighted by Gasteiger charge is 2.04. The molecule has 27 heavy (non-hydrogen) atoms. The summed E-state index contributed by atoms with van der Waals surface area (Å²) >= 11 is 6.15. The van der Waals surface area contributed by atoms with Crippen molar-refractivity contribution in [3.8, 4) is 5.75 Å². The Morgan fingerprint density at radius 3 is 2.41 bits per heavy atom. The Hall–Kier alpha value is -2.82. The molecule has 0 amide bonds. The van der Waals surface area contributed by atoms with Gasteiger partial charge in [0.2, 0.25) is 0 Å². The van der Waals surface area contributed by atoms with E-state index in [9.17, 15) is 0 Å². The second-order valence-corrected chi connectivity index (χ2v) is 6.18. The molecule has 0 aliphatic rings. The molecule has 0 spiro atoms. The van der Waals surface area contributed by atoms with Gasteiger partial charge in [0, 0.05) is 21.7 Å². The van der Waals surface area contributed by atoms with E-state index in [1.54, 1.807) is 6.33 Å². The normalized spacial score (nSPS) is 10.3. The smallest absolute Gasteiger partial charge is 0.141 e. The highest BCUT2D eigenvalue weighted by molar-refractivity contribution is 6.31. The van der Waals surface area contributed by atoms with E-state index < -0.39 is 0 Å². The van der Waals surface area contributed by atoms with Crippen molar-refractivity contribution in [1.29, 1.82) is 0 Å². The molecule has 0 bridgehead atoms. The van der Waals surface area contributed by atoms with Gasteiger partial charge in [0.25, 0.3) is 0 Å². The zero-order valence-electron chi connectivity index (χ0n) is 14.3. The third-order valence-corrected chi connectivity index (χ3v) is 4.38. The number of ether oxygens (including phenoxy) is 1. The molecular weight excluding hydrogens is 381 g/mol. The van der Waals surface area contributed by atoms with Crippen LogP contribution < -0.4 is 22.5 Å². The molecule has 0 atom stereocenters. The van der Waals surface area contributed by atoms with Crippen LogP contribution in [0.25, 0.3) is 10.9 Å². The molecule has 4 rings (SSSR count). The minimum absolute atomic E-state index is 0. The quantitative estimate of drug-likeness (QED) is 0.563. The van der Waals surface area contributed by atoms with Crippen LogP contribution in [0.2, 0.25) is 5.02 Å². The van der Waals surface area contributed by atoms with Gasteiger partial charge in [0.15, 0.2) is 0 Å². The average molecular weight is 397 g/mol. The molecule has 136 valence electrons. The van der Waals surface area contributed by atoms with Crippen LogP contribution in [0, 0.1) is 0 Å². The second-order valence-electron chi connectivity index (χ2n) is 5.77. The first-order chi connectivity index (χ1) is 12.8. The fraction of sp³-hybridized carbons (Fsp3) is 0.0476. The molecule has 4 aromatic rings. The number of anilines is 2. The summed E-state index contributed by atoms with van der Waals surface area (Å²) in [6, 6.07) is 23.3. The van der Waals surface area contributed by atoms with Gasteiger partial charge in [-0.3, -0.25) is 0 Å². The fourth-order valence-electron chi connectivity index (χ4n) is 2.65. The summed E-state index contributed by atoms with van der Waals surface area (Å²) in [6.07, 6.45) is 1.56. The van der Waals surface area contributed by atoms with Crippen molar-refractivity contribution >= 4 is 34.0 Å². The van der Waals surface area contributed by atoms with Crippen LogP contribution in [0.3, 0.4) is 0 Å². The van der Waals surface area contributed by atoms with Gasteiger partial charge in [0.1, 0.15) is 24.5 Å². The Kier molecular flexibility index (Phi) is 6.12. The topological polar surface area (TPSA) is 47.0 Å². The molecule has 6 heteroatoms. The number of fused-ring (bicyclic) bond motifs is 1. The van der Waals surface area contributed by atoms with Crippen LogP contribution in [-0.4, -0.2) is 9.97 Å². The Balaban J connectivity index is 0.00000210. The van der Waals surface area contributed by atoms with Crippen LogP contribution in [0.4, 0.5) is 11.5 Å². The Morgan fingerprint density at radius 2 is 1.59 bits per heavy atom. The van der Waals surface area contributed by atoms with Crippen molar-refractivity contribution in [3.05, 3.63) is 89.7 Å². The maximum atomic E-state index is 6.15. The minimum atomic E-state index is 0. The summed E-state index contributed by atoms with van der Waals surface area (Å²) in [6.45, 7) is 0.434. The highest BCUT2D eigenvalue weighted by Crippen LogP contribution is 2.25. The van der Waals surface area contributed by atoms with Crippen LogP contribution in [-0.2, 0) is 6.61 Å². The van der Waals surface area contributed by atoms with Crippen LogP contribution in [0.1, 0.15) is 5.56 Å². The zero-order chi connectivity index (χ0) is 17.8. The van der Waals surface area contributed by atoms with Gasteiger partial charge in [-0.05, 0) is 42.5 Å². The molecule has 4 nitrogen and oxygen atoms in total. The summed E-state index contributed by atoms with van der Waals surface area (Å²) in [5.74, 6) is 1.56. The number of halogens is 2. The van der Waals surface area contributed by atoms with E-state index in [1.807, 2.05) is 72.8 Å².